The van der Waals surface area contributed by atoms with E-state index in [-0.39, 0.29) is 0 Å². The standard InChI is InChI=1S/C17H25N3/c1-13(2)9-18-10-17-12-20(19-15(17)4)11-16-8-6-5-7-14(16)3/h5-8,12-13,18H,9-11H2,1-4H3. The van der Waals surface area contributed by atoms with Crippen molar-refractivity contribution in [2.45, 2.75) is 40.8 Å². The van der Waals surface area contributed by atoms with Crippen LogP contribution in [0.25, 0.3) is 0 Å². The fourth-order valence-electron chi connectivity index (χ4n) is 2.27. The average Bonchev–Trinajstić information content (AvgIpc) is 2.72. The summed E-state index contributed by atoms with van der Waals surface area (Å²) in [5.74, 6) is 0.678. The molecule has 0 saturated carbocycles. The molecule has 0 aliphatic heterocycles. The fraction of sp³-hybridized carbons (Fsp3) is 0.471. The van der Waals surface area contributed by atoms with Crippen LogP contribution in [0.5, 0.6) is 0 Å². The Bertz CT molecular complexity index is 555. The highest BCUT2D eigenvalue weighted by Crippen LogP contribution is 2.11. The molecule has 0 aliphatic rings. The van der Waals surface area contributed by atoms with E-state index in [2.05, 4.69) is 68.6 Å². The van der Waals surface area contributed by atoms with Crippen LogP contribution in [0, 0.1) is 19.8 Å². The second kappa shape index (κ2) is 6.71. The predicted octanol–water partition coefficient (Wildman–Crippen LogP) is 3.29. The average molecular weight is 271 g/mol. The van der Waals surface area contributed by atoms with Gasteiger partial charge in [-0.1, -0.05) is 38.1 Å². The third-order valence-corrected chi connectivity index (χ3v) is 3.51. The van der Waals surface area contributed by atoms with Crippen molar-refractivity contribution in [3.05, 3.63) is 52.8 Å². The number of rotatable bonds is 6. The normalized spacial score (nSPS) is 11.2. The van der Waals surface area contributed by atoms with Gasteiger partial charge in [-0.05, 0) is 37.4 Å². The van der Waals surface area contributed by atoms with Gasteiger partial charge in [0, 0.05) is 18.3 Å². The second-order valence-corrected chi connectivity index (χ2v) is 5.89. The Hall–Kier alpha value is -1.61. The van der Waals surface area contributed by atoms with Crippen LogP contribution in [0.2, 0.25) is 0 Å². The maximum Gasteiger partial charge on any atom is 0.0662 e. The van der Waals surface area contributed by atoms with Gasteiger partial charge >= 0.3 is 0 Å². The summed E-state index contributed by atoms with van der Waals surface area (Å²) >= 11 is 0. The lowest BCUT2D eigenvalue weighted by Gasteiger charge is -2.06. The molecule has 0 radical (unpaired) electrons. The molecule has 1 aromatic carbocycles. The molecule has 2 rings (SSSR count). The molecule has 1 aromatic heterocycles. The Morgan fingerprint density at radius 3 is 2.60 bits per heavy atom. The van der Waals surface area contributed by atoms with Crippen LogP contribution < -0.4 is 5.32 Å². The summed E-state index contributed by atoms with van der Waals surface area (Å²) < 4.78 is 2.05. The van der Waals surface area contributed by atoms with Crippen LogP contribution in [-0.4, -0.2) is 16.3 Å². The molecule has 0 aliphatic carbocycles. The monoisotopic (exact) mass is 271 g/mol. The van der Waals surface area contributed by atoms with E-state index in [1.165, 1.54) is 16.7 Å². The minimum atomic E-state index is 0.678. The zero-order valence-electron chi connectivity index (χ0n) is 13.0. The highest BCUT2D eigenvalue weighted by molar-refractivity contribution is 5.26. The molecule has 1 heterocycles. The second-order valence-electron chi connectivity index (χ2n) is 5.89. The first-order valence-corrected chi connectivity index (χ1v) is 7.34. The number of benzene rings is 1. The maximum absolute atomic E-state index is 4.62. The summed E-state index contributed by atoms with van der Waals surface area (Å²) in [6.45, 7) is 11.5. The Kier molecular flexibility index (Phi) is 4.96. The topological polar surface area (TPSA) is 29.9 Å². The van der Waals surface area contributed by atoms with Crippen LogP contribution in [0.3, 0.4) is 0 Å². The lowest BCUT2D eigenvalue weighted by Crippen LogP contribution is -2.19. The van der Waals surface area contributed by atoms with Crippen LogP contribution in [0.15, 0.2) is 30.5 Å². The van der Waals surface area contributed by atoms with E-state index >= 15 is 0 Å². The third kappa shape index (κ3) is 3.94. The number of hydrogen-bond donors (Lipinski definition) is 1. The van der Waals surface area contributed by atoms with Crippen molar-refractivity contribution >= 4 is 0 Å². The van der Waals surface area contributed by atoms with Crippen LogP contribution in [-0.2, 0) is 13.1 Å². The molecule has 2 aromatic rings. The zero-order chi connectivity index (χ0) is 14.5. The minimum absolute atomic E-state index is 0.678. The number of nitrogens with one attached hydrogen (secondary N) is 1. The number of aromatic nitrogens is 2. The molecule has 0 atom stereocenters. The molecular formula is C17H25N3. The van der Waals surface area contributed by atoms with Gasteiger partial charge in [0.1, 0.15) is 0 Å². The Morgan fingerprint density at radius 1 is 1.15 bits per heavy atom. The molecule has 0 unspecified atom stereocenters. The highest BCUT2D eigenvalue weighted by atomic mass is 15.3. The van der Waals surface area contributed by atoms with Crippen molar-refractivity contribution < 1.29 is 0 Å². The van der Waals surface area contributed by atoms with E-state index in [9.17, 15) is 0 Å². The van der Waals surface area contributed by atoms with Gasteiger partial charge < -0.3 is 5.32 Å². The van der Waals surface area contributed by atoms with E-state index in [4.69, 9.17) is 0 Å². The van der Waals surface area contributed by atoms with Gasteiger partial charge in [0.15, 0.2) is 0 Å². The van der Waals surface area contributed by atoms with Crippen molar-refractivity contribution in [3.8, 4) is 0 Å². The minimum Gasteiger partial charge on any atom is -0.312 e. The van der Waals surface area contributed by atoms with E-state index in [1.807, 2.05) is 4.68 Å². The van der Waals surface area contributed by atoms with Gasteiger partial charge in [0.2, 0.25) is 0 Å². The van der Waals surface area contributed by atoms with Gasteiger partial charge in [-0.2, -0.15) is 5.10 Å². The SMILES string of the molecule is Cc1ccccc1Cn1cc(CNCC(C)C)c(C)n1. The van der Waals surface area contributed by atoms with Gasteiger partial charge in [-0.3, -0.25) is 4.68 Å². The summed E-state index contributed by atoms with van der Waals surface area (Å²) in [5, 5.41) is 8.10. The van der Waals surface area contributed by atoms with Gasteiger partial charge in [-0.15, -0.1) is 0 Å². The Labute approximate surface area is 122 Å². The van der Waals surface area contributed by atoms with Crippen molar-refractivity contribution in [1.29, 1.82) is 0 Å². The fourth-order valence-corrected chi connectivity index (χ4v) is 2.27. The molecule has 1 N–H and O–H groups in total. The van der Waals surface area contributed by atoms with E-state index in [1.54, 1.807) is 0 Å². The third-order valence-electron chi connectivity index (χ3n) is 3.51. The van der Waals surface area contributed by atoms with Crippen molar-refractivity contribution in [1.82, 2.24) is 15.1 Å². The quantitative estimate of drug-likeness (QED) is 0.873. The molecular weight excluding hydrogens is 246 g/mol. The molecule has 20 heavy (non-hydrogen) atoms. The Morgan fingerprint density at radius 2 is 1.90 bits per heavy atom. The molecule has 0 saturated heterocycles. The summed E-state index contributed by atoms with van der Waals surface area (Å²) in [7, 11) is 0. The van der Waals surface area contributed by atoms with E-state index < -0.39 is 0 Å². The molecule has 0 bridgehead atoms. The number of hydrogen-bond acceptors (Lipinski definition) is 2. The highest BCUT2D eigenvalue weighted by Gasteiger charge is 2.06. The summed E-state index contributed by atoms with van der Waals surface area (Å²) in [6.07, 6.45) is 2.16. The smallest absolute Gasteiger partial charge is 0.0662 e. The maximum atomic E-state index is 4.62. The molecule has 3 heteroatoms. The van der Waals surface area contributed by atoms with Crippen LogP contribution in [0.1, 0.15) is 36.2 Å². The van der Waals surface area contributed by atoms with Gasteiger partial charge in [-0.25, -0.2) is 0 Å². The van der Waals surface area contributed by atoms with Crippen molar-refractivity contribution in [2.75, 3.05) is 6.54 Å². The molecule has 108 valence electrons. The first-order valence-electron chi connectivity index (χ1n) is 7.34. The molecule has 3 nitrogen and oxygen atoms in total. The van der Waals surface area contributed by atoms with Gasteiger partial charge in [0.05, 0.1) is 12.2 Å². The number of nitrogens with zero attached hydrogens (tertiary/aromatic N) is 2. The lowest BCUT2D eigenvalue weighted by molar-refractivity contribution is 0.551. The van der Waals surface area contributed by atoms with Crippen LogP contribution in [0.4, 0.5) is 0 Å². The first kappa shape index (κ1) is 14.8. The molecule has 0 amide bonds. The molecule has 0 spiro atoms. The van der Waals surface area contributed by atoms with E-state index in [0.29, 0.717) is 5.92 Å². The number of aryl methyl sites for hydroxylation is 2. The van der Waals surface area contributed by atoms with Crippen molar-refractivity contribution in [3.63, 3.8) is 0 Å². The van der Waals surface area contributed by atoms with Crippen molar-refractivity contribution in [2.24, 2.45) is 5.92 Å². The Balaban J connectivity index is 2.02. The summed E-state index contributed by atoms with van der Waals surface area (Å²) in [5.41, 5.74) is 5.06. The summed E-state index contributed by atoms with van der Waals surface area (Å²) in [4.78, 5) is 0. The van der Waals surface area contributed by atoms with Gasteiger partial charge in [0.25, 0.3) is 0 Å². The predicted molar refractivity (Wildman–Crippen MR) is 83.8 cm³/mol. The zero-order valence-corrected chi connectivity index (χ0v) is 13.0. The van der Waals surface area contributed by atoms with Crippen LogP contribution >= 0.6 is 0 Å². The first-order chi connectivity index (χ1) is 9.56. The largest absolute Gasteiger partial charge is 0.312 e. The lowest BCUT2D eigenvalue weighted by atomic mass is 10.1. The summed E-state index contributed by atoms with van der Waals surface area (Å²) in [6, 6.07) is 8.48. The van der Waals surface area contributed by atoms with E-state index in [0.717, 1.165) is 25.3 Å². The molecule has 0 fully saturated rings.